The molecule has 1 heterocycles. The van der Waals surface area contributed by atoms with E-state index in [1.807, 2.05) is 17.1 Å². The number of para-hydroxylation sites is 1. The molecule has 138 valence electrons. The number of nitrogens with zero attached hydrogens (tertiary/aromatic N) is 1. The Bertz CT molecular complexity index is 902. The van der Waals surface area contributed by atoms with Crippen molar-refractivity contribution in [2.24, 2.45) is 0 Å². The highest BCUT2D eigenvalue weighted by atomic mass is 16.5. The molecule has 0 spiro atoms. The average Bonchev–Trinajstić information content (AvgIpc) is 2.62. The fourth-order valence-corrected chi connectivity index (χ4v) is 2.17. The number of esters is 1. The average molecular weight is 361 g/mol. The number of ether oxygens (including phenoxy) is 2. The van der Waals surface area contributed by atoms with Crippen molar-refractivity contribution in [2.75, 3.05) is 7.11 Å². The Labute approximate surface area is 148 Å². The first-order valence-corrected chi connectivity index (χ1v) is 7.79. The van der Waals surface area contributed by atoms with Gasteiger partial charge in [-0.25, -0.2) is 4.79 Å². The van der Waals surface area contributed by atoms with Gasteiger partial charge in [0, 0.05) is 24.4 Å². The van der Waals surface area contributed by atoms with E-state index in [1.165, 1.54) is 20.2 Å². The lowest BCUT2D eigenvalue weighted by molar-refractivity contribution is -0.155. The number of carbonyl (C=O) groups excluding carboxylic acids is 2. The van der Waals surface area contributed by atoms with Crippen LogP contribution in [0.3, 0.4) is 0 Å². The van der Waals surface area contributed by atoms with E-state index in [0.717, 1.165) is 16.2 Å². The van der Waals surface area contributed by atoms with Gasteiger partial charge >= 0.3 is 11.7 Å². The lowest BCUT2D eigenvalue weighted by Crippen LogP contribution is -2.37. The summed E-state index contributed by atoms with van der Waals surface area (Å²) in [5, 5.41) is 2.65. The first kappa shape index (κ1) is 19.0. The number of hydrogen-bond acceptors (Lipinski definition) is 6. The molecule has 2 N–H and O–H groups in total. The van der Waals surface area contributed by atoms with Crippen molar-refractivity contribution in [1.82, 2.24) is 14.9 Å². The van der Waals surface area contributed by atoms with Crippen molar-refractivity contribution in [2.45, 2.75) is 26.1 Å². The van der Waals surface area contributed by atoms with E-state index >= 15 is 0 Å². The van der Waals surface area contributed by atoms with Crippen molar-refractivity contribution in [1.29, 1.82) is 0 Å². The van der Waals surface area contributed by atoms with Crippen LogP contribution in [0.4, 0.5) is 0 Å². The minimum Gasteiger partial charge on any atom is -0.496 e. The number of H-pyrrole nitrogens is 1. The highest BCUT2D eigenvalue weighted by molar-refractivity contribution is 5.83. The van der Waals surface area contributed by atoms with E-state index in [0.29, 0.717) is 5.75 Å². The number of hydrogen-bond donors (Lipinski definition) is 2. The molecule has 9 nitrogen and oxygen atoms in total. The molecule has 0 radical (unpaired) electrons. The molecule has 0 bridgehead atoms. The molecule has 1 aromatic heterocycles. The Hall–Kier alpha value is -3.36. The van der Waals surface area contributed by atoms with Crippen LogP contribution in [0, 0.1) is 0 Å². The van der Waals surface area contributed by atoms with Gasteiger partial charge < -0.3 is 14.8 Å². The summed E-state index contributed by atoms with van der Waals surface area (Å²) in [7, 11) is 1.53. The normalized spacial score (nSPS) is 11.5. The number of rotatable bonds is 7. The van der Waals surface area contributed by atoms with Crippen LogP contribution in [-0.4, -0.2) is 34.6 Å². The van der Waals surface area contributed by atoms with Crippen LogP contribution in [0.15, 0.2) is 46.1 Å². The van der Waals surface area contributed by atoms with Gasteiger partial charge in [-0.3, -0.25) is 23.9 Å². The minimum atomic E-state index is -1.05. The molecule has 1 aromatic carbocycles. The van der Waals surface area contributed by atoms with Crippen LogP contribution in [0.5, 0.6) is 5.75 Å². The Morgan fingerprint density at radius 3 is 2.65 bits per heavy atom. The number of aromatic amines is 1. The molecule has 2 rings (SSSR count). The molecule has 0 aliphatic heterocycles. The summed E-state index contributed by atoms with van der Waals surface area (Å²) in [5.41, 5.74) is -0.520. The number of carbonyl (C=O) groups is 2. The SMILES string of the molecule is COc1ccccc1CNC(=O)[C@@H](C)OC(=O)Cn1ccc(=O)[nH]c1=O. The summed E-state index contributed by atoms with van der Waals surface area (Å²) in [4.78, 5) is 48.5. The molecule has 0 unspecified atom stereocenters. The van der Waals surface area contributed by atoms with Crippen LogP contribution < -0.4 is 21.3 Å². The van der Waals surface area contributed by atoms with Gasteiger partial charge in [0.05, 0.1) is 7.11 Å². The molecule has 0 fully saturated rings. The zero-order chi connectivity index (χ0) is 19.1. The topological polar surface area (TPSA) is 119 Å². The number of methoxy groups -OCH3 is 1. The molecule has 0 saturated heterocycles. The van der Waals surface area contributed by atoms with E-state index < -0.39 is 35.8 Å². The van der Waals surface area contributed by atoms with Gasteiger partial charge in [-0.15, -0.1) is 0 Å². The second-order valence-corrected chi connectivity index (χ2v) is 5.40. The molecular formula is C17H19N3O6. The quantitative estimate of drug-likeness (QED) is 0.659. The van der Waals surface area contributed by atoms with Gasteiger partial charge in [-0.05, 0) is 13.0 Å². The van der Waals surface area contributed by atoms with Crippen LogP contribution >= 0.6 is 0 Å². The van der Waals surface area contributed by atoms with Crippen molar-refractivity contribution in [3.05, 3.63) is 62.9 Å². The summed E-state index contributed by atoms with van der Waals surface area (Å²) in [6.45, 7) is 1.22. The lowest BCUT2D eigenvalue weighted by atomic mass is 10.2. The highest BCUT2D eigenvalue weighted by Crippen LogP contribution is 2.16. The molecule has 1 atom stereocenters. The second-order valence-electron chi connectivity index (χ2n) is 5.40. The van der Waals surface area contributed by atoms with E-state index in [9.17, 15) is 19.2 Å². The summed E-state index contributed by atoms with van der Waals surface area (Å²) < 4.78 is 11.2. The number of benzene rings is 1. The van der Waals surface area contributed by atoms with E-state index in [4.69, 9.17) is 9.47 Å². The lowest BCUT2D eigenvalue weighted by Gasteiger charge is -2.15. The molecule has 0 aliphatic rings. The number of amides is 1. The van der Waals surface area contributed by atoms with Crippen LogP contribution in [-0.2, 0) is 27.4 Å². The number of aromatic nitrogens is 2. The van der Waals surface area contributed by atoms with Gasteiger partial charge in [-0.1, -0.05) is 18.2 Å². The Kier molecular flexibility index (Phi) is 6.31. The predicted octanol–water partition coefficient (Wildman–Crippen LogP) is -0.207. The molecule has 9 heteroatoms. The van der Waals surface area contributed by atoms with Gasteiger partial charge in [0.25, 0.3) is 11.5 Å². The third-order valence-electron chi connectivity index (χ3n) is 3.52. The Morgan fingerprint density at radius 2 is 1.96 bits per heavy atom. The largest absolute Gasteiger partial charge is 0.496 e. The van der Waals surface area contributed by atoms with Crippen molar-refractivity contribution >= 4 is 11.9 Å². The maximum absolute atomic E-state index is 12.1. The van der Waals surface area contributed by atoms with Crippen LogP contribution in [0.25, 0.3) is 0 Å². The fourth-order valence-electron chi connectivity index (χ4n) is 2.17. The second kappa shape index (κ2) is 8.65. The first-order valence-electron chi connectivity index (χ1n) is 7.79. The van der Waals surface area contributed by atoms with E-state index in [2.05, 4.69) is 5.32 Å². The molecule has 0 saturated carbocycles. The zero-order valence-corrected chi connectivity index (χ0v) is 14.4. The van der Waals surface area contributed by atoms with E-state index in [1.54, 1.807) is 12.1 Å². The minimum absolute atomic E-state index is 0.212. The summed E-state index contributed by atoms with van der Waals surface area (Å²) in [5.74, 6) is -0.632. The Balaban J connectivity index is 1.89. The van der Waals surface area contributed by atoms with Crippen molar-refractivity contribution in [3.63, 3.8) is 0 Å². The summed E-state index contributed by atoms with van der Waals surface area (Å²) in [6, 6.07) is 8.31. The highest BCUT2D eigenvalue weighted by Gasteiger charge is 2.18. The van der Waals surface area contributed by atoms with Crippen LogP contribution in [0.2, 0.25) is 0 Å². The zero-order valence-electron chi connectivity index (χ0n) is 14.4. The molecule has 26 heavy (non-hydrogen) atoms. The smallest absolute Gasteiger partial charge is 0.328 e. The fraction of sp³-hybridized carbons (Fsp3) is 0.294. The van der Waals surface area contributed by atoms with Gasteiger partial charge in [0.15, 0.2) is 6.10 Å². The summed E-state index contributed by atoms with van der Waals surface area (Å²) in [6.07, 6.45) is 0.130. The first-order chi connectivity index (χ1) is 12.4. The predicted molar refractivity (Wildman–Crippen MR) is 91.7 cm³/mol. The summed E-state index contributed by atoms with van der Waals surface area (Å²) >= 11 is 0. The van der Waals surface area contributed by atoms with Crippen LogP contribution in [0.1, 0.15) is 12.5 Å². The molecule has 1 amide bonds. The molecule has 2 aromatic rings. The Morgan fingerprint density at radius 1 is 1.23 bits per heavy atom. The molecule has 0 aliphatic carbocycles. The standard InChI is InChI=1S/C17H19N3O6/c1-11(16(23)18-9-12-5-3-4-6-13(12)25-2)26-15(22)10-20-8-7-14(21)19-17(20)24/h3-8,11H,9-10H2,1-2H3,(H,18,23)(H,19,21,24)/t11-/m1/s1. The third kappa shape index (κ3) is 5.07. The molecular weight excluding hydrogens is 342 g/mol. The van der Waals surface area contributed by atoms with Gasteiger partial charge in [0.1, 0.15) is 12.3 Å². The monoisotopic (exact) mass is 361 g/mol. The maximum Gasteiger partial charge on any atom is 0.328 e. The van der Waals surface area contributed by atoms with Crippen molar-refractivity contribution in [3.8, 4) is 5.75 Å². The maximum atomic E-state index is 12.1. The van der Waals surface area contributed by atoms with E-state index in [-0.39, 0.29) is 6.54 Å². The van der Waals surface area contributed by atoms with Gasteiger partial charge in [0.2, 0.25) is 0 Å². The third-order valence-corrected chi connectivity index (χ3v) is 3.52. The van der Waals surface area contributed by atoms with Crippen molar-refractivity contribution < 1.29 is 19.1 Å². The van der Waals surface area contributed by atoms with Gasteiger partial charge in [-0.2, -0.15) is 0 Å². The number of nitrogens with one attached hydrogen (secondary N) is 2.